The van der Waals surface area contributed by atoms with E-state index in [0.717, 1.165) is 10.6 Å². The number of nitrogens with two attached hydrogens (primary N) is 1. The van der Waals surface area contributed by atoms with Gasteiger partial charge in [-0.2, -0.15) is 0 Å². The monoisotopic (exact) mass is 387 g/mol. The zero-order chi connectivity index (χ0) is 17.7. The van der Waals surface area contributed by atoms with Gasteiger partial charge in [-0.15, -0.1) is 11.8 Å². The lowest BCUT2D eigenvalue weighted by atomic mass is 10.1. The van der Waals surface area contributed by atoms with Gasteiger partial charge in [-0.1, -0.05) is 35.3 Å². The molecular formula is C17H18Cl2FN2OS+. The summed E-state index contributed by atoms with van der Waals surface area (Å²) in [4.78, 5) is 13.1. The molecule has 0 bridgehead atoms. The van der Waals surface area contributed by atoms with Crippen LogP contribution in [0.3, 0.4) is 0 Å². The van der Waals surface area contributed by atoms with Gasteiger partial charge in [0, 0.05) is 10.5 Å². The Balaban J connectivity index is 1.97. The Kier molecular flexibility index (Phi) is 6.92. The van der Waals surface area contributed by atoms with Gasteiger partial charge >= 0.3 is 0 Å². The van der Waals surface area contributed by atoms with Crippen LogP contribution in [0.15, 0.2) is 41.3 Å². The lowest BCUT2D eigenvalue weighted by molar-refractivity contribution is -0.682. The molecule has 0 heterocycles. The van der Waals surface area contributed by atoms with Crippen molar-refractivity contribution in [3.8, 4) is 0 Å². The predicted octanol–water partition coefficient (Wildman–Crippen LogP) is 4.12. The molecule has 0 aliphatic heterocycles. The number of carbonyl (C=O) groups is 1. The Labute approximate surface area is 154 Å². The summed E-state index contributed by atoms with van der Waals surface area (Å²) in [5.74, 6) is -0.649. The van der Waals surface area contributed by atoms with Crippen LogP contribution < -0.4 is 10.6 Å². The van der Waals surface area contributed by atoms with Gasteiger partial charge in [0.05, 0.1) is 15.7 Å². The van der Waals surface area contributed by atoms with E-state index in [1.807, 2.05) is 37.4 Å². The average Bonchev–Trinajstić information content (AvgIpc) is 2.56. The van der Waals surface area contributed by atoms with E-state index in [9.17, 15) is 9.18 Å². The van der Waals surface area contributed by atoms with Crippen LogP contribution >= 0.6 is 35.0 Å². The van der Waals surface area contributed by atoms with Gasteiger partial charge < -0.3 is 10.6 Å². The van der Waals surface area contributed by atoms with Crippen molar-refractivity contribution in [2.24, 2.45) is 0 Å². The zero-order valence-corrected chi connectivity index (χ0v) is 15.6. The van der Waals surface area contributed by atoms with Crippen molar-refractivity contribution in [3.63, 3.8) is 0 Å². The molecule has 2 rings (SSSR count). The number of hydrogen-bond donors (Lipinski definition) is 2. The quantitative estimate of drug-likeness (QED) is 0.578. The number of halogens is 3. The fourth-order valence-corrected chi connectivity index (χ4v) is 3.36. The smallest absolute Gasteiger partial charge is 0.279 e. The van der Waals surface area contributed by atoms with Crippen molar-refractivity contribution >= 4 is 46.6 Å². The number of quaternary nitrogens is 1. The first-order chi connectivity index (χ1) is 11.4. The summed E-state index contributed by atoms with van der Waals surface area (Å²) in [7, 11) is 0. The van der Waals surface area contributed by atoms with Gasteiger partial charge in [-0.05, 0) is 37.4 Å². The van der Waals surface area contributed by atoms with E-state index < -0.39 is 5.82 Å². The largest absolute Gasteiger partial charge is 0.332 e. The van der Waals surface area contributed by atoms with E-state index in [1.165, 1.54) is 12.1 Å². The molecule has 3 N–H and O–H groups in total. The van der Waals surface area contributed by atoms with Gasteiger partial charge in [0.2, 0.25) is 0 Å². The number of hydrogen-bond acceptors (Lipinski definition) is 2. The highest BCUT2D eigenvalue weighted by Gasteiger charge is 2.17. The third-order valence-electron chi connectivity index (χ3n) is 3.57. The molecule has 128 valence electrons. The normalized spacial score (nSPS) is 12.0. The number of thioether (sulfide) groups is 1. The summed E-state index contributed by atoms with van der Waals surface area (Å²) in [5.41, 5.74) is 1.39. The molecule has 0 saturated heterocycles. The van der Waals surface area contributed by atoms with Gasteiger partial charge in [-0.3, -0.25) is 4.79 Å². The van der Waals surface area contributed by atoms with Crippen molar-refractivity contribution in [2.75, 3.05) is 18.1 Å². The molecule has 7 heteroatoms. The van der Waals surface area contributed by atoms with Crippen molar-refractivity contribution in [3.05, 3.63) is 57.8 Å². The predicted molar refractivity (Wildman–Crippen MR) is 98.5 cm³/mol. The second kappa shape index (κ2) is 8.72. The Bertz CT molecular complexity index is 743. The van der Waals surface area contributed by atoms with Crippen LogP contribution in [0.5, 0.6) is 0 Å². The standard InChI is InChI=1S/C17H17Cl2FN2OS/c1-10(11-7-14(20)13(19)8-12(11)18)21-9-17(23)22-15-5-3-4-6-16(15)24-2/h3-8,10,21H,9H2,1-2H3,(H,22,23)/p+1/t10-/m1/s1. The Morgan fingerprint density at radius 2 is 2.00 bits per heavy atom. The first-order valence-electron chi connectivity index (χ1n) is 7.33. The maximum atomic E-state index is 13.6. The molecule has 0 saturated carbocycles. The highest BCUT2D eigenvalue weighted by Crippen LogP contribution is 2.27. The molecule has 3 nitrogen and oxygen atoms in total. The molecule has 2 aromatic carbocycles. The maximum absolute atomic E-state index is 13.6. The highest BCUT2D eigenvalue weighted by atomic mass is 35.5. The van der Waals surface area contributed by atoms with Crippen molar-refractivity contribution < 1.29 is 14.5 Å². The lowest BCUT2D eigenvalue weighted by Crippen LogP contribution is -2.86. The molecule has 2 aromatic rings. The average molecular weight is 388 g/mol. The first kappa shape index (κ1) is 19.1. The van der Waals surface area contributed by atoms with Crippen LogP contribution in [0.4, 0.5) is 10.1 Å². The van der Waals surface area contributed by atoms with E-state index in [4.69, 9.17) is 23.2 Å². The fraction of sp³-hybridized carbons (Fsp3) is 0.235. The minimum absolute atomic E-state index is 0.0117. The van der Waals surface area contributed by atoms with Crippen LogP contribution in [0.25, 0.3) is 0 Å². The van der Waals surface area contributed by atoms with Gasteiger partial charge in [0.1, 0.15) is 11.9 Å². The minimum atomic E-state index is -0.519. The van der Waals surface area contributed by atoms with Crippen LogP contribution in [0.1, 0.15) is 18.5 Å². The molecule has 1 amide bonds. The van der Waals surface area contributed by atoms with Gasteiger partial charge in [-0.25, -0.2) is 4.39 Å². The van der Waals surface area contributed by atoms with Crippen molar-refractivity contribution in [1.82, 2.24) is 0 Å². The summed E-state index contributed by atoms with van der Waals surface area (Å²) in [6.07, 6.45) is 1.95. The number of benzene rings is 2. The first-order valence-corrected chi connectivity index (χ1v) is 9.31. The zero-order valence-electron chi connectivity index (χ0n) is 13.3. The van der Waals surface area contributed by atoms with E-state index in [1.54, 1.807) is 17.1 Å². The molecule has 0 unspecified atom stereocenters. The molecular weight excluding hydrogens is 370 g/mol. The van der Waals surface area contributed by atoms with E-state index >= 15 is 0 Å². The Hall–Kier alpha value is -1.27. The number of nitrogens with one attached hydrogen (secondary N) is 1. The number of rotatable bonds is 6. The molecule has 0 radical (unpaired) electrons. The molecule has 0 aliphatic rings. The SMILES string of the molecule is CSc1ccccc1NC(=O)C[NH2+][C@H](C)c1cc(F)c(Cl)cc1Cl. The number of anilines is 1. The number of para-hydroxylation sites is 1. The topological polar surface area (TPSA) is 45.7 Å². The fourth-order valence-electron chi connectivity index (χ4n) is 2.25. The molecule has 0 spiro atoms. The van der Waals surface area contributed by atoms with Crippen molar-refractivity contribution in [1.29, 1.82) is 0 Å². The molecule has 0 fully saturated rings. The lowest BCUT2D eigenvalue weighted by Gasteiger charge is -2.14. The Morgan fingerprint density at radius 3 is 2.71 bits per heavy atom. The van der Waals surface area contributed by atoms with Gasteiger partial charge in [0.15, 0.2) is 6.54 Å². The van der Waals surface area contributed by atoms with E-state index in [2.05, 4.69) is 5.32 Å². The van der Waals surface area contributed by atoms with Crippen LogP contribution in [-0.4, -0.2) is 18.7 Å². The summed E-state index contributed by atoms with van der Waals surface area (Å²) in [6, 6.07) is 10.1. The summed E-state index contributed by atoms with van der Waals surface area (Å²) < 4.78 is 13.6. The van der Waals surface area contributed by atoms with Crippen LogP contribution in [-0.2, 0) is 4.79 Å². The second-order valence-corrected chi connectivity index (χ2v) is 6.93. The summed E-state index contributed by atoms with van der Waals surface area (Å²) in [6.45, 7) is 2.06. The molecule has 24 heavy (non-hydrogen) atoms. The third kappa shape index (κ3) is 4.86. The second-order valence-electron chi connectivity index (χ2n) is 5.26. The molecule has 1 atom stereocenters. The summed E-state index contributed by atoms with van der Waals surface area (Å²) >= 11 is 13.4. The van der Waals surface area contributed by atoms with Crippen LogP contribution in [0, 0.1) is 5.82 Å². The minimum Gasteiger partial charge on any atom is -0.332 e. The van der Waals surface area contributed by atoms with E-state index in [0.29, 0.717) is 10.6 Å². The van der Waals surface area contributed by atoms with Crippen molar-refractivity contribution in [2.45, 2.75) is 17.9 Å². The van der Waals surface area contributed by atoms with Crippen LogP contribution in [0.2, 0.25) is 10.0 Å². The maximum Gasteiger partial charge on any atom is 0.279 e. The number of carbonyl (C=O) groups excluding carboxylic acids is 1. The Morgan fingerprint density at radius 1 is 1.29 bits per heavy atom. The summed E-state index contributed by atoms with van der Waals surface area (Å²) in [5, 5.41) is 5.06. The number of amides is 1. The van der Waals surface area contributed by atoms with Gasteiger partial charge in [0.25, 0.3) is 5.91 Å². The highest BCUT2D eigenvalue weighted by molar-refractivity contribution is 7.98. The van der Waals surface area contributed by atoms with E-state index in [-0.39, 0.29) is 23.5 Å². The third-order valence-corrected chi connectivity index (χ3v) is 4.98. The molecule has 0 aliphatic carbocycles. The molecule has 0 aromatic heterocycles.